The molecule has 2 aliphatic rings. The number of fused-ring (bicyclic) bond motifs is 1. The highest BCUT2D eigenvalue weighted by atomic mass is 32.1. The first-order valence-corrected chi connectivity index (χ1v) is 7.20. The monoisotopic (exact) mass is 297 g/mol. The lowest BCUT2D eigenvalue weighted by molar-refractivity contribution is 0.222. The van der Waals surface area contributed by atoms with E-state index in [1.54, 1.807) is 0 Å². The number of nitrogens with two attached hydrogens (primary N) is 1. The van der Waals surface area contributed by atoms with Crippen LogP contribution >= 0.6 is 12.6 Å². The van der Waals surface area contributed by atoms with Crippen molar-refractivity contribution in [1.29, 1.82) is 0 Å². The lowest BCUT2D eigenvalue weighted by atomic mass is 9.87. The van der Waals surface area contributed by atoms with E-state index in [9.17, 15) is 8.78 Å². The van der Waals surface area contributed by atoms with Gasteiger partial charge < -0.3 is 16.0 Å². The summed E-state index contributed by atoms with van der Waals surface area (Å²) in [5, 5.41) is 3.11. The zero-order valence-corrected chi connectivity index (χ0v) is 11.8. The van der Waals surface area contributed by atoms with Crippen LogP contribution in [0.4, 0.5) is 8.78 Å². The maximum absolute atomic E-state index is 13.7. The van der Waals surface area contributed by atoms with Crippen LogP contribution in [-0.2, 0) is 12.8 Å². The second-order valence-corrected chi connectivity index (χ2v) is 5.70. The quantitative estimate of drug-likeness (QED) is 0.728. The van der Waals surface area contributed by atoms with Gasteiger partial charge in [0.15, 0.2) is 0 Å². The van der Waals surface area contributed by atoms with Gasteiger partial charge in [0.25, 0.3) is 0 Å². The van der Waals surface area contributed by atoms with Gasteiger partial charge in [-0.05, 0) is 36.5 Å². The Kier molecular flexibility index (Phi) is 3.60. The zero-order chi connectivity index (χ0) is 14.3. The molecule has 0 aromatic heterocycles. The second kappa shape index (κ2) is 5.26. The van der Waals surface area contributed by atoms with Crippen LogP contribution in [0.3, 0.4) is 0 Å². The van der Waals surface area contributed by atoms with E-state index in [0.29, 0.717) is 24.9 Å². The van der Waals surface area contributed by atoms with E-state index in [1.165, 1.54) is 6.07 Å². The Morgan fingerprint density at radius 3 is 2.95 bits per heavy atom. The Bertz CT molecular complexity index is 562. The molecule has 20 heavy (non-hydrogen) atoms. The van der Waals surface area contributed by atoms with Gasteiger partial charge in [0.05, 0.1) is 0 Å². The van der Waals surface area contributed by atoms with Crippen molar-refractivity contribution in [1.82, 2.24) is 10.2 Å². The molecule has 3 rings (SSSR count). The Morgan fingerprint density at radius 1 is 1.40 bits per heavy atom. The van der Waals surface area contributed by atoms with Gasteiger partial charge in [-0.15, -0.1) is 12.6 Å². The number of hydrogen-bond acceptors (Lipinski definition) is 4. The highest BCUT2D eigenvalue weighted by Crippen LogP contribution is 2.31. The van der Waals surface area contributed by atoms with Gasteiger partial charge >= 0.3 is 0 Å². The number of nitrogens with zero attached hydrogens (tertiary/aromatic N) is 1. The number of benzene rings is 1. The molecule has 0 fully saturated rings. The van der Waals surface area contributed by atoms with Gasteiger partial charge in [-0.3, -0.25) is 0 Å². The first-order chi connectivity index (χ1) is 9.60. The van der Waals surface area contributed by atoms with Gasteiger partial charge in [-0.1, -0.05) is 0 Å². The van der Waals surface area contributed by atoms with Crippen LogP contribution in [0.25, 0.3) is 0 Å². The van der Waals surface area contributed by atoms with E-state index in [4.69, 9.17) is 5.73 Å². The summed E-state index contributed by atoms with van der Waals surface area (Å²) in [4.78, 5) is 2.11. The largest absolute Gasteiger partial charge is 0.361 e. The molecule has 2 atom stereocenters. The van der Waals surface area contributed by atoms with E-state index >= 15 is 0 Å². The summed E-state index contributed by atoms with van der Waals surface area (Å²) < 4.78 is 27.1. The molecule has 0 radical (unpaired) electrons. The van der Waals surface area contributed by atoms with Crippen molar-refractivity contribution in [2.45, 2.75) is 30.8 Å². The molecule has 3 N–H and O–H groups in total. The summed E-state index contributed by atoms with van der Waals surface area (Å²) in [6.45, 7) is 0.422. The fraction of sp³-hybridized carbons (Fsp3) is 0.429. The first kappa shape index (κ1) is 13.7. The van der Waals surface area contributed by atoms with E-state index in [2.05, 4.69) is 22.8 Å². The minimum absolute atomic E-state index is 0.126. The summed E-state index contributed by atoms with van der Waals surface area (Å²) in [6.07, 6.45) is 3.89. The molecular weight excluding hydrogens is 280 g/mol. The first-order valence-electron chi connectivity index (χ1n) is 6.68. The van der Waals surface area contributed by atoms with Crippen LogP contribution in [0, 0.1) is 11.6 Å². The Hall–Kier alpha value is -1.27. The molecular formula is C14H17F2N3S. The molecule has 6 heteroatoms. The summed E-state index contributed by atoms with van der Waals surface area (Å²) in [6, 6.07) is 2.56. The average molecular weight is 297 g/mol. The number of rotatable bonds is 2. The minimum atomic E-state index is -0.515. The lowest BCUT2D eigenvalue weighted by Gasteiger charge is -2.37. The molecule has 108 valence electrons. The molecule has 1 aromatic rings. The third-order valence-electron chi connectivity index (χ3n) is 4.03. The summed E-state index contributed by atoms with van der Waals surface area (Å²) in [5.41, 5.74) is 7.98. The predicted molar refractivity (Wildman–Crippen MR) is 77.1 cm³/mol. The second-order valence-electron chi connectivity index (χ2n) is 5.21. The third kappa shape index (κ3) is 2.27. The van der Waals surface area contributed by atoms with Gasteiger partial charge in [0, 0.05) is 30.5 Å². The van der Waals surface area contributed by atoms with Gasteiger partial charge in [-0.25, -0.2) is 8.78 Å². The number of hydrogen-bond donors (Lipinski definition) is 3. The standard InChI is InChI=1S/C14H17F2N3S/c15-9-3-8-4-10(1-2-12(8)13(16)5-9)19-11(6-17)7-18-14(19)20/h3,5,7,10,14,18,20H,1-2,4,6,17H2/t10-,14-/m0/s1. The van der Waals surface area contributed by atoms with Crippen LogP contribution in [0.15, 0.2) is 24.0 Å². The fourth-order valence-corrected chi connectivity index (χ4v) is 3.52. The van der Waals surface area contributed by atoms with Crippen LogP contribution in [0.2, 0.25) is 0 Å². The van der Waals surface area contributed by atoms with Crippen molar-refractivity contribution in [3.05, 3.63) is 46.8 Å². The zero-order valence-electron chi connectivity index (χ0n) is 10.9. The molecule has 3 nitrogen and oxygen atoms in total. The van der Waals surface area contributed by atoms with E-state index in [1.807, 2.05) is 6.20 Å². The predicted octanol–water partition coefficient (Wildman–Crippen LogP) is 1.74. The van der Waals surface area contributed by atoms with Crippen LogP contribution in [0.1, 0.15) is 17.5 Å². The molecule has 1 aliphatic heterocycles. The normalized spacial score (nSPS) is 25.2. The molecule has 1 aliphatic carbocycles. The summed E-state index contributed by atoms with van der Waals surface area (Å²) in [5.74, 6) is -0.950. The average Bonchev–Trinajstić information content (AvgIpc) is 2.78. The topological polar surface area (TPSA) is 41.3 Å². The smallest absolute Gasteiger partial charge is 0.145 e. The molecule has 0 saturated carbocycles. The molecule has 1 heterocycles. The number of nitrogens with one attached hydrogen (secondary N) is 1. The highest BCUT2D eigenvalue weighted by Gasteiger charge is 2.32. The van der Waals surface area contributed by atoms with Gasteiger partial charge in [0.2, 0.25) is 0 Å². The number of halogens is 2. The molecule has 0 spiro atoms. The Balaban J connectivity index is 1.87. The lowest BCUT2D eigenvalue weighted by Crippen LogP contribution is -2.44. The van der Waals surface area contributed by atoms with Crippen molar-refractivity contribution < 1.29 is 8.78 Å². The van der Waals surface area contributed by atoms with E-state index < -0.39 is 11.6 Å². The van der Waals surface area contributed by atoms with Crippen molar-refractivity contribution in [3.63, 3.8) is 0 Å². The number of thiol groups is 1. The third-order valence-corrected chi connectivity index (χ3v) is 4.43. The molecule has 0 bridgehead atoms. The minimum Gasteiger partial charge on any atom is -0.361 e. The molecule has 0 saturated heterocycles. The van der Waals surface area contributed by atoms with Crippen molar-refractivity contribution in [3.8, 4) is 0 Å². The van der Waals surface area contributed by atoms with Crippen molar-refractivity contribution in [2.75, 3.05) is 6.54 Å². The molecule has 0 unspecified atom stereocenters. The van der Waals surface area contributed by atoms with Crippen molar-refractivity contribution in [2.24, 2.45) is 5.73 Å². The van der Waals surface area contributed by atoms with E-state index in [-0.39, 0.29) is 11.5 Å². The molecule has 1 aromatic carbocycles. The Morgan fingerprint density at radius 2 is 2.20 bits per heavy atom. The Labute approximate surface area is 122 Å². The van der Waals surface area contributed by atoms with Gasteiger partial charge in [-0.2, -0.15) is 0 Å². The molecule has 0 amide bonds. The van der Waals surface area contributed by atoms with Gasteiger partial charge in [0.1, 0.15) is 17.1 Å². The fourth-order valence-electron chi connectivity index (χ4n) is 3.10. The highest BCUT2D eigenvalue weighted by molar-refractivity contribution is 7.80. The summed E-state index contributed by atoms with van der Waals surface area (Å²) in [7, 11) is 0. The maximum atomic E-state index is 13.7. The SMILES string of the molecule is NCC1=CN[C@H](S)N1[C@H]1CCc2c(F)cc(F)cc2C1. The van der Waals surface area contributed by atoms with E-state index in [0.717, 1.165) is 23.7 Å². The van der Waals surface area contributed by atoms with Crippen LogP contribution in [-0.4, -0.2) is 23.0 Å². The summed E-state index contributed by atoms with van der Waals surface area (Å²) >= 11 is 4.48. The van der Waals surface area contributed by atoms with Crippen LogP contribution in [0.5, 0.6) is 0 Å². The van der Waals surface area contributed by atoms with Crippen LogP contribution < -0.4 is 11.1 Å². The maximum Gasteiger partial charge on any atom is 0.145 e. The van der Waals surface area contributed by atoms with Crippen molar-refractivity contribution >= 4 is 12.6 Å².